The lowest BCUT2D eigenvalue weighted by molar-refractivity contribution is 0.585. The molecule has 1 rings (SSSR count). The number of hydrogen-bond donors (Lipinski definition) is 2. The summed E-state index contributed by atoms with van der Waals surface area (Å²) in [5.74, 6) is -1.84. The van der Waals surface area contributed by atoms with Gasteiger partial charge in [-0.3, -0.25) is 5.43 Å². The molecule has 0 aliphatic carbocycles. The van der Waals surface area contributed by atoms with Crippen LogP contribution in [0.5, 0.6) is 0 Å². The highest BCUT2D eigenvalue weighted by Crippen LogP contribution is 2.24. The summed E-state index contributed by atoms with van der Waals surface area (Å²) in [6, 6.07) is 5.28. The van der Waals surface area contributed by atoms with Crippen molar-refractivity contribution in [3.63, 3.8) is 0 Å². The second-order valence-corrected chi connectivity index (χ2v) is 3.15. The molecule has 86 valence electrons. The van der Waals surface area contributed by atoms with Gasteiger partial charge in [0.25, 0.3) is 0 Å². The molecule has 2 N–H and O–H groups in total. The van der Waals surface area contributed by atoms with Gasteiger partial charge in [0.05, 0.1) is 5.69 Å². The number of hydrazine groups is 1. The molecular formula is C10H5ClF2N4. The molecule has 1 aromatic rings. The Morgan fingerprint density at radius 3 is 2.53 bits per heavy atom. The molecule has 0 spiro atoms. The highest BCUT2D eigenvalue weighted by atomic mass is 35.5. The maximum Gasteiger partial charge on any atom is 0.169 e. The Bertz CT molecular complexity index is 526. The van der Waals surface area contributed by atoms with Crippen LogP contribution < -0.4 is 10.9 Å². The Kier molecular flexibility index (Phi) is 4.27. The maximum atomic E-state index is 13.3. The van der Waals surface area contributed by atoms with Crippen LogP contribution in [-0.2, 0) is 0 Å². The summed E-state index contributed by atoms with van der Waals surface area (Å²) in [7, 11) is 0. The van der Waals surface area contributed by atoms with Crippen molar-refractivity contribution in [3.05, 3.63) is 40.6 Å². The van der Waals surface area contributed by atoms with E-state index in [4.69, 9.17) is 22.1 Å². The zero-order valence-electron chi connectivity index (χ0n) is 8.26. The molecule has 1 aromatic carbocycles. The summed E-state index contributed by atoms with van der Waals surface area (Å²) in [4.78, 5) is 0. The molecule has 0 heterocycles. The van der Waals surface area contributed by atoms with Crippen LogP contribution in [0.1, 0.15) is 0 Å². The number of benzene rings is 1. The van der Waals surface area contributed by atoms with Gasteiger partial charge < -0.3 is 5.43 Å². The molecule has 0 fully saturated rings. The lowest BCUT2D eigenvalue weighted by Crippen LogP contribution is -2.16. The van der Waals surface area contributed by atoms with Crippen molar-refractivity contribution in [2.24, 2.45) is 0 Å². The first-order valence-electron chi connectivity index (χ1n) is 4.25. The van der Waals surface area contributed by atoms with E-state index in [9.17, 15) is 8.78 Å². The highest BCUT2D eigenvalue weighted by molar-refractivity contribution is 6.31. The van der Waals surface area contributed by atoms with Crippen molar-refractivity contribution < 1.29 is 8.78 Å². The zero-order valence-corrected chi connectivity index (χ0v) is 9.02. The summed E-state index contributed by atoms with van der Waals surface area (Å²) in [5, 5.41) is 16.2. The van der Waals surface area contributed by atoms with Crippen LogP contribution >= 0.6 is 11.6 Å². The molecule has 0 aromatic heterocycles. The van der Waals surface area contributed by atoms with Crippen LogP contribution in [0.15, 0.2) is 23.9 Å². The van der Waals surface area contributed by atoms with Crippen molar-refractivity contribution in [3.8, 4) is 12.1 Å². The Balaban J connectivity index is 2.79. The normalized spacial score (nSPS) is 8.76. The van der Waals surface area contributed by atoms with E-state index < -0.39 is 16.7 Å². The maximum absolute atomic E-state index is 13.3. The lowest BCUT2D eigenvalue weighted by atomic mass is 10.3. The molecule has 0 radical (unpaired) electrons. The molecule has 0 atom stereocenters. The third-order valence-corrected chi connectivity index (χ3v) is 2.05. The first-order valence-corrected chi connectivity index (χ1v) is 4.63. The smallest absolute Gasteiger partial charge is 0.169 e. The van der Waals surface area contributed by atoms with Gasteiger partial charge in [0.2, 0.25) is 0 Å². The van der Waals surface area contributed by atoms with Crippen molar-refractivity contribution in [2.75, 3.05) is 5.43 Å². The molecular weight excluding hydrogens is 250 g/mol. The zero-order chi connectivity index (χ0) is 12.8. The van der Waals surface area contributed by atoms with Crippen LogP contribution in [0, 0.1) is 34.3 Å². The van der Waals surface area contributed by atoms with Gasteiger partial charge in [0.1, 0.15) is 28.6 Å². The Morgan fingerprint density at radius 1 is 1.29 bits per heavy atom. The molecule has 0 aliphatic rings. The minimum atomic E-state index is -0.969. The first kappa shape index (κ1) is 12.8. The van der Waals surface area contributed by atoms with E-state index in [1.807, 2.05) is 0 Å². The van der Waals surface area contributed by atoms with Gasteiger partial charge in [-0.25, -0.2) is 8.78 Å². The molecule has 4 nitrogen and oxygen atoms in total. The molecule has 0 amide bonds. The van der Waals surface area contributed by atoms with E-state index in [-0.39, 0.29) is 11.3 Å². The molecule has 0 aliphatic heterocycles. The lowest BCUT2D eigenvalue weighted by Gasteiger charge is -2.07. The molecule has 17 heavy (non-hydrogen) atoms. The molecule has 0 bridgehead atoms. The number of rotatable bonds is 3. The van der Waals surface area contributed by atoms with E-state index in [0.29, 0.717) is 0 Å². The van der Waals surface area contributed by atoms with E-state index in [2.05, 4.69) is 10.9 Å². The second kappa shape index (κ2) is 5.69. The predicted molar refractivity (Wildman–Crippen MR) is 57.4 cm³/mol. The highest BCUT2D eigenvalue weighted by Gasteiger charge is 2.10. The molecule has 0 saturated heterocycles. The van der Waals surface area contributed by atoms with Crippen molar-refractivity contribution in [2.45, 2.75) is 0 Å². The Labute approximate surface area is 101 Å². The number of hydrogen-bond acceptors (Lipinski definition) is 4. The number of nitriles is 2. The number of allylic oxidation sites excluding steroid dienone is 1. The fraction of sp³-hybridized carbons (Fsp3) is 0. The van der Waals surface area contributed by atoms with Gasteiger partial charge in [0.15, 0.2) is 5.82 Å². The largest absolute Gasteiger partial charge is 0.306 e. The minimum Gasteiger partial charge on any atom is -0.306 e. The standard InChI is InChI=1S/C10H5ClF2N4/c11-9-7(12)1-2-8(10(9)13)17-16-5-6(3-14)4-15/h1-2,5,16-17H. The molecule has 0 unspecified atom stereocenters. The van der Waals surface area contributed by atoms with Crippen LogP contribution in [-0.4, -0.2) is 0 Å². The van der Waals surface area contributed by atoms with Gasteiger partial charge in [-0.1, -0.05) is 11.6 Å². The van der Waals surface area contributed by atoms with Gasteiger partial charge in [-0.15, -0.1) is 0 Å². The number of anilines is 1. The van der Waals surface area contributed by atoms with Crippen LogP contribution in [0.25, 0.3) is 0 Å². The monoisotopic (exact) mass is 254 g/mol. The van der Waals surface area contributed by atoms with Crippen molar-refractivity contribution in [1.82, 2.24) is 5.43 Å². The van der Waals surface area contributed by atoms with Crippen molar-refractivity contribution >= 4 is 17.3 Å². The first-order chi connectivity index (χ1) is 8.10. The Hall–Kier alpha value is -2.31. The second-order valence-electron chi connectivity index (χ2n) is 2.77. The van der Waals surface area contributed by atoms with Crippen LogP contribution in [0.3, 0.4) is 0 Å². The topological polar surface area (TPSA) is 71.6 Å². The molecule has 0 saturated carbocycles. The van der Waals surface area contributed by atoms with Crippen LogP contribution in [0.4, 0.5) is 14.5 Å². The quantitative estimate of drug-likeness (QED) is 0.494. The number of halogens is 3. The van der Waals surface area contributed by atoms with Gasteiger partial charge >= 0.3 is 0 Å². The van der Waals surface area contributed by atoms with Gasteiger partial charge in [-0.2, -0.15) is 10.5 Å². The van der Waals surface area contributed by atoms with E-state index in [1.54, 1.807) is 12.1 Å². The van der Waals surface area contributed by atoms with Gasteiger partial charge in [0, 0.05) is 6.20 Å². The van der Waals surface area contributed by atoms with E-state index in [0.717, 1.165) is 18.3 Å². The van der Waals surface area contributed by atoms with Crippen molar-refractivity contribution in [1.29, 1.82) is 10.5 Å². The average Bonchev–Trinajstić information content (AvgIpc) is 2.34. The number of nitrogens with one attached hydrogen (secondary N) is 2. The summed E-state index contributed by atoms with van der Waals surface area (Å²) in [6.45, 7) is 0. The number of nitrogens with zero attached hydrogens (tertiary/aromatic N) is 2. The fourth-order valence-corrected chi connectivity index (χ4v) is 1.06. The predicted octanol–water partition coefficient (Wildman–Crippen LogP) is 2.47. The third-order valence-electron chi connectivity index (χ3n) is 1.70. The minimum absolute atomic E-state index is 0.108. The van der Waals surface area contributed by atoms with Crippen LogP contribution in [0.2, 0.25) is 5.02 Å². The summed E-state index contributed by atoms with van der Waals surface area (Å²) in [6.07, 6.45) is 1.04. The SMILES string of the molecule is N#CC(C#N)=CNNc1ccc(F)c(Cl)c1F. The Morgan fingerprint density at radius 2 is 1.94 bits per heavy atom. The average molecular weight is 255 g/mol. The third kappa shape index (κ3) is 3.07. The van der Waals surface area contributed by atoms with E-state index in [1.165, 1.54) is 0 Å². The van der Waals surface area contributed by atoms with Gasteiger partial charge in [-0.05, 0) is 12.1 Å². The fourth-order valence-electron chi connectivity index (χ4n) is 0.898. The summed E-state index contributed by atoms with van der Waals surface area (Å²) >= 11 is 5.34. The van der Waals surface area contributed by atoms with E-state index >= 15 is 0 Å². The summed E-state index contributed by atoms with van der Waals surface area (Å²) in [5.41, 5.74) is 4.33. The molecule has 7 heteroatoms. The summed E-state index contributed by atoms with van der Waals surface area (Å²) < 4.78 is 26.1.